The van der Waals surface area contributed by atoms with E-state index in [-0.39, 0.29) is 6.54 Å². The molecule has 2 aromatic carbocycles. The highest BCUT2D eigenvalue weighted by atomic mass is 35.5. The predicted octanol–water partition coefficient (Wildman–Crippen LogP) is 5.95. The highest BCUT2D eigenvalue weighted by Crippen LogP contribution is 2.31. The number of aliphatic carboxylic acids is 1. The molecule has 0 aliphatic rings. The zero-order chi connectivity index (χ0) is 32.8. The number of carboxylic acid groups (broad SMARTS) is 1. The number of carboxylic acids is 1. The summed E-state index contributed by atoms with van der Waals surface area (Å²) in [4.78, 5) is 30.8. The lowest BCUT2D eigenvalue weighted by atomic mass is 10.1. The molecule has 6 aromatic rings. The largest absolute Gasteiger partial charge is 0.494 e. The Kier molecular flexibility index (Phi) is 9.94. The Hall–Kier alpha value is -5.00. The van der Waals surface area contributed by atoms with Crippen molar-refractivity contribution in [3.63, 3.8) is 0 Å². The lowest BCUT2D eigenvalue weighted by Crippen LogP contribution is -2.21. The number of aromatic nitrogens is 6. The molecule has 0 amide bonds. The number of pyridine rings is 2. The van der Waals surface area contributed by atoms with Gasteiger partial charge in [0, 0.05) is 37.3 Å². The highest BCUT2D eigenvalue weighted by molar-refractivity contribution is 6.32. The van der Waals surface area contributed by atoms with Gasteiger partial charge in [-0.15, -0.1) is 0 Å². The summed E-state index contributed by atoms with van der Waals surface area (Å²) in [6, 6.07) is 20.6. The van der Waals surface area contributed by atoms with Gasteiger partial charge in [-0.25, -0.2) is 19.9 Å². The van der Waals surface area contributed by atoms with Crippen LogP contribution in [-0.4, -0.2) is 53.4 Å². The fourth-order valence-corrected chi connectivity index (χ4v) is 5.93. The van der Waals surface area contributed by atoms with E-state index in [2.05, 4.69) is 4.98 Å². The molecular weight excluding hydrogens is 618 g/mol. The summed E-state index contributed by atoms with van der Waals surface area (Å²) < 4.78 is 15.4. The van der Waals surface area contributed by atoms with E-state index >= 15 is 0 Å². The number of halogens is 1. The Balaban J connectivity index is 1.26. The zero-order valence-corrected chi connectivity index (χ0v) is 26.8. The number of nitrogens with zero attached hydrogens (tertiary/aromatic N) is 6. The standard InChI is InChI=1S/C35H36ClN7O4/c1-23-18-28-34(38-19-23)42(29(40-28)14-8-16-46-24-10-4-2-5-11-24)21-27(37)32-26(36)20-39-35-33(32)41-30(43(35)22-31(44)45)15-9-17-47-25-12-6-3-7-13-25/h2-7,10-13,18-20,27H,8-9,14-17,21-22,37H2,1H3,(H,44,45). The van der Waals surface area contributed by atoms with Gasteiger partial charge in [0.1, 0.15) is 40.7 Å². The van der Waals surface area contributed by atoms with E-state index in [1.807, 2.05) is 84.4 Å². The zero-order valence-electron chi connectivity index (χ0n) is 26.1. The molecule has 0 saturated heterocycles. The van der Waals surface area contributed by atoms with E-state index in [1.54, 1.807) is 4.57 Å². The van der Waals surface area contributed by atoms with Crippen molar-refractivity contribution in [1.29, 1.82) is 0 Å². The van der Waals surface area contributed by atoms with Gasteiger partial charge in [0.05, 0.1) is 24.3 Å². The van der Waals surface area contributed by atoms with E-state index in [1.165, 1.54) is 6.20 Å². The molecule has 4 heterocycles. The third-order valence-corrected chi connectivity index (χ3v) is 8.09. The van der Waals surface area contributed by atoms with Gasteiger partial charge in [-0.2, -0.15) is 0 Å². The second-order valence-electron chi connectivity index (χ2n) is 11.3. The molecule has 0 radical (unpaired) electrons. The topological polar surface area (TPSA) is 143 Å². The summed E-state index contributed by atoms with van der Waals surface area (Å²) in [7, 11) is 0. The molecule has 242 valence electrons. The number of hydrogen-bond donors (Lipinski definition) is 2. The first kappa shape index (κ1) is 32.0. The van der Waals surface area contributed by atoms with Gasteiger partial charge in [-0.05, 0) is 55.7 Å². The van der Waals surface area contributed by atoms with E-state index in [0.717, 1.165) is 40.5 Å². The van der Waals surface area contributed by atoms with E-state index in [9.17, 15) is 9.90 Å². The van der Waals surface area contributed by atoms with Crippen LogP contribution in [0.25, 0.3) is 22.3 Å². The van der Waals surface area contributed by atoms with Gasteiger partial charge in [-0.1, -0.05) is 48.0 Å². The molecule has 12 heteroatoms. The Bertz CT molecular complexity index is 1980. The van der Waals surface area contributed by atoms with Crippen molar-refractivity contribution in [3.05, 3.63) is 107 Å². The van der Waals surface area contributed by atoms with E-state index in [4.69, 9.17) is 41.8 Å². The Morgan fingerprint density at radius 2 is 1.47 bits per heavy atom. The molecule has 1 unspecified atom stereocenters. The number of nitrogens with two attached hydrogens (primary N) is 1. The molecule has 11 nitrogen and oxygen atoms in total. The Morgan fingerprint density at radius 1 is 0.872 bits per heavy atom. The summed E-state index contributed by atoms with van der Waals surface area (Å²) >= 11 is 6.75. The number of ether oxygens (including phenoxy) is 2. The van der Waals surface area contributed by atoms with Crippen molar-refractivity contribution >= 4 is 39.9 Å². The number of para-hydroxylation sites is 2. The lowest BCUT2D eigenvalue weighted by molar-refractivity contribution is -0.137. The molecular formula is C35H36ClN7O4. The molecule has 0 spiro atoms. The first-order valence-corrected chi connectivity index (χ1v) is 15.9. The summed E-state index contributed by atoms with van der Waals surface area (Å²) in [5, 5.41) is 10.1. The Morgan fingerprint density at radius 3 is 2.09 bits per heavy atom. The number of hydrogen-bond acceptors (Lipinski definition) is 8. The van der Waals surface area contributed by atoms with Crippen LogP contribution in [0.15, 0.2) is 79.1 Å². The maximum absolute atomic E-state index is 11.9. The number of carbonyl (C=O) groups is 1. The molecule has 0 fully saturated rings. The molecule has 4 aromatic heterocycles. The number of benzene rings is 2. The molecule has 0 bridgehead atoms. The minimum absolute atomic E-state index is 0.292. The van der Waals surface area contributed by atoms with Crippen LogP contribution in [0.5, 0.6) is 11.5 Å². The van der Waals surface area contributed by atoms with Crippen molar-refractivity contribution in [2.75, 3.05) is 13.2 Å². The summed E-state index contributed by atoms with van der Waals surface area (Å²) in [6.45, 7) is 2.99. The van der Waals surface area contributed by atoms with Crippen molar-refractivity contribution < 1.29 is 19.4 Å². The third kappa shape index (κ3) is 7.53. The summed E-state index contributed by atoms with van der Waals surface area (Å²) in [5.74, 6) is 2.00. The van der Waals surface area contributed by atoms with Crippen LogP contribution in [0.1, 0.15) is 41.7 Å². The smallest absolute Gasteiger partial charge is 0.323 e. The Labute approximate surface area is 277 Å². The van der Waals surface area contributed by atoms with Crippen molar-refractivity contribution in [1.82, 2.24) is 29.1 Å². The average molecular weight is 654 g/mol. The molecule has 3 N–H and O–H groups in total. The molecule has 0 aliphatic carbocycles. The fraction of sp³-hybridized carbons (Fsp3) is 0.286. The minimum Gasteiger partial charge on any atom is -0.494 e. The van der Waals surface area contributed by atoms with Crippen molar-refractivity contribution in [2.24, 2.45) is 5.73 Å². The number of fused-ring (bicyclic) bond motifs is 2. The lowest BCUT2D eigenvalue weighted by Gasteiger charge is -2.17. The van der Waals surface area contributed by atoms with Gasteiger partial charge in [-0.3, -0.25) is 4.79 Å². The minimum atomic E-state index is -0.999. The third-order valence-electron chi connectivity index (χ3n) is 7.79. The van der Waals surface area contributed by atoms with Gasteiger partial charge in [0.25, 0.3) is 0 Å². The fourth-order valence-electron chi connectivity index (χ4n) is 5.65. The van der Waals surface area contributed by atoms with Gasteiger partial charge < -0.3 is 29.4 Å². The van der Waals surface area contributed by atoms with Gasteiger partial charge in [0.2, 0.25) is 0 Å². The summed E-state index contributed by atoms with van der Waals surface area (Å²) in [6.07, 6.45) is 5.81. The van der Waals surface area contributed by atoms with Crippen molar-refractivity contribution in [2.45, 2.75) is 51.7 Å². The molecule has 0 saturated carbocycles. The summed E-state index contributed by atoms with van der Waals surface area (Å²) in [5.41, 5.74) is 10.9. The predicted molar refractivity (Wildman–Crippen MR) is 180 cm³/mol. The van der Waals surface area contributed by atoms with Crippen LogP contribution in [0.2, 0.25) is 5.02 Å². The second kappa shape index (κ2) is 14.6. The van der Waals surface area contributed by atoms with Crippen LogP contribution in [0.4, 0.5) is 0 Å². The average Bonchev–Trinajstić information content (AvgIpc) is 3.58. The monoisotopic (exact) mass is 653 g/mol. The van der Waals surface area contributed by atoms with E-state index < -0.39 is 12.0 Å². The molecule has 1 atom stereocenters. The van der Waals surface area contributed by atoms with Crippen LogP contribution in [-0.2, 0) is 30.7 Å². The number of imidazole rings is 2. The molecule has 6 rings (SSSR count). The van der Waals surface area contributed by atoms with Gasteiger partial charge >= 0.3 is 5.97 Å². The first-order chi connectivity index (χ1) is 22.9. The maximum Gasteiger partial charge on any atom is 0.323 e. The van der Waals surface area contributed by atoms with Crippen LogP contribution < -0.4 is 15.2 Å². The maximum atomic E-state index is 11.9. The number of rotatable bonds is 15. The van der Waals surface area contributed by atoms with Crippen LogP contribution in [0.3, 0.4) is 0 Å². The molecule has 0 aliphatic heterocycles. The SMILES string of the molecule is Cc1cnc2c(c1)nc(CCCOc1ccccc1)n2CC(N)c1c(Cl)cnc2c1nc(CCCOc1ccccc1)n2CC(=O)O. The van der Waals surface area contributed by atoms with Crippen LogP contribution >= 0.6 is 11.6 Å². The normalized spacial score (nSPS) is 12.1. The first-order valence-electron chi connectivity index (χ1n) is 15.6. The van der Waals surface area contributed by atoms with Gasteiger partial charge in [0.15, 0.2) is 11.3 Å². The van der Waals surface area contributed by atoms with Crippen molar-refractivity contribution in [3.8, 4) is 11.5 Å². The van der Waals surface area contributed by atoms with E-state index in [0.29, 0.717) is 66.6 Å². The molecule has 47 heavy (non-hydrogen) atoms. The quantitative estimate of drug-likeness (QED) is 0.129. The highest BCUT2D eigenvalue weighted by Gasteiger charge is 2.24. The van der Waals surface area contributed by atoms with Crippen LogP contribution in [0, 0.1) is 6.92 Å². The number of aryl methyl sites for hydroxylation is 3. The second-order valence-corrected chi connectivity index (χ2v) is 11.7.